The zero-order valence-corrected chi connectivity index (χ0v) is 17.0. The zero-order valence-electron chi connectivity index (χ0n) is 17.0. The highest BCUT2D eigenvalue weighted by molar-refractivity contribution is 5.95. The molecule has 0 radical (unpaired) electrons. The highest BCUT2D eigenvalue weighted by Crippen LogP contribution is 2.18. The molecule has 0 saturated carbocycles. The first kappa shape index (κ1) is 23.6. The number of primary amides is 1. The molecular formula is C22H25N3O6. The molecule has 2 aromatic rings. The molecule has 0 aromatic heterocycles. The predicted molar refractivity (Wildman–Crippen MR) is 111 cm³/mol. The third kappa shape index (κ3) is 6.93. The van der Waals surface area contributed by atoms with Gasteiger partial charge in [0.2, 0.25) is 5.91 Å². The lowest BCUT2D eigenvalue weighted by Gasteiger charge is -2.25. The van der Waals surface area contributed by atoms with Crippen molar-refractivity contribution >= 4 is 23.7 Å². The fourth-order valence-corrected chi connectivity index (χ4v) is 2.84. The van der Waals surface area contributed by atoms with Gasteiger partial charge in [0, 0.05) is 5.56 Å². The predicted octanol–water partition coefficient (Wildman–Crippen LogP) is 0.442. The topological polar surface area (TPSA) is 148 Å². The molecule has 0 aliphatic carbocycles. The van der Waals surface area contributed by atoms with E-state index in [0.29, 0.717) is 11.1 Å². The minimum Gasteiger partial charge on any atom is -0.466 e. The maximum atomic E-state index is 12.7. The lowest BCUT2D eigenvalue weighted by Crippen LogP contribution is -2.52. The van der Waals surface area contributed by atoms with Crippen LogP contribution in [-0.2, 0) is 19.1 Å². The molecule has 0 unspecified atom stereocenters. The molecule has 2 rings (SSSR count). The Labute approximate surface area is 179 Å². The average Bonchev–Trinajstić information content (AvgIpc) is 2.77. The summed E-state index contributed by atoms with van der Waals surface area (Å²) in [4.78, 5) is 48.6. The fourth-order valence-electron chi connectivity index (χ4n) is 2.84. The standard InChI is InChI=1S/C22H25N3O6/c1-2-31-17(26)13-16(20(23)28)24-22(30)19(27)18(14-9-5-3-6-10-14)25-21(29)15-11-7-4-8-12-15/h3-12,16,18-19,27H,2,13H2,1H3,(H2,23,28)(H,24,30)(H,25,29)/t16-,18+,19-/m1/s1. The monoisotopic (exact) mass is 427 g/mol. The summed E-state index contributed by atoms with van der Waals surface area (Å²) in [6.45, 7) is 1.70. The molecule has 0 heterocycles. The number of aliphatic hydroxyl groups excluding tert-OH is 1. The summed E-state index contributed by atoms with van der Waals surface area (Å²) in [6, 6.07) is 14.2. The number of hydrogen-bond donors (Lipinski definition) is 4. The zero-order chi connectivity index (χ0) is 22.8. The maximum Gasteiger partial charge on any atom is 0.308 e. The highest BCUT2D eigenvalue weighted by Gasteiger charge is 2.32. The minimum atomic E-state index is -1.76. The second kappa shape index (κ2) is 11.5. The summed E-state index contributed by atoms with van der Waals surface area (Å²) >= 11 is 0. The van der Waals surface area contributed by atoms with Gasteiger partial charge in [-0.1, -0.05) is 48.5 Å². The van der Waals surface area contributed by atoms with Crippen molar-refractivity contribution in [2.24, 2.45) is 5.73 Å². The van der Waals surface area contributed by atoms with Crippen LogP contribution in [0.3, 0.4) is 0 Å². The molecular weight excluding hydrogens is 402 g/mol. The van der Waals surface area contributed by atoms with Crippen LogP contribution in [0.4, 0.5) is 0 Å². The van der Waals surface area contributed by atoms with E-state index >= 15 is 0 Å². The second-order valence-electron chi connectivity index (χ2n) is 6.65. The molecule has 3 amide bonds. The van der Waals surface area contributed by atoms with Crippen LogP contribution >= 0.6 is 0 Å². The van der Waals surface area contributed by atoms with Gasteiger partial charge in [0.15, 0.2) is 6.10 Å². The van der Waals surface area contributed by atoms with Crippen molar-refractivity contribution in [3.63, 3.8) is 0 Å². The van der Waals surface area contributed by atoms with Gasteiger partial charge in [-0.15, -0.1) is 0 Å². The average molecular weight is 427 g/mol. The van der Waals surface area contributed by atoms with Gasteiger partial charge in [0.05, 0.1) is 19.1 Å². The molecule has 0 aliphatic rings. The Morgan fingerprint density at radius 2 is 1.55 bits per heavy atom. The number of esters is 1. The molecule has 0 saturated heterocycles. The number of carbonyl (C=O) groups excluding carboxylic acids is 4. The Kier molecular flexibility index (Phi) is 8.71. The first-order chi connectivity index (χ1) is 14.8. The molecule has 0 fully saturated rings. The maximum absolute atomic E-state index is 12.7. The van der Waals surface area contributed by atoms with E-state index in [1.54, 1.807) is 67.6 Å². The van der Waals surface area contributed by atoms with E-state index in [0.717, 1.165) is 0 Å². The summed E-state index contributed by atoms with van der Waals surface area (Å²) in [5.41, 5.74) is 6.07. The molecule has 9 nitrogen and oxygen atoms in total. The third-order valence-electron chi connectivity index (χ3n) is 4.40. The van der Waals surface area contributed by atoms with E-state index in [4.69, 9.17) is 10.5 Å². The van der Waals surface area contributed by atoms with E-state index in [-0.39, 0.29) is 6.61 Å². The number of aliphatic hydroxyl groups is 1. The molecule has 0 aliphatic heterocycles. The SMILES string of the molecule is CCOC(=O)C[C@@H](NC(=O)[C@H](O)[C@@H](NC(=O)c1ccccc1)c1ccccc1)C(N)=O. The first-order valence-electron chi connectivity index (χ1n) is 9.67. The molecule has 0 spiro atoms. The molecule has 31 heavy (non-hydrogen) atoms. The number of hydrogen-bond acceptors (Lipinski definition) is 6. The Morgan fingerprint density at radius 1 is 0.968 bits per heavy atom. The van der Waals surface area contributed by atoms with Gasteiger partial charge in [0.1, 0.15) is 6.04 Å². The third-order valence-corrected chi connectivity index (χ3v) is 4.40. The largest absolute Gasteiger partial charge is 0.466 e. The Morgan fingerprint density at radius 3 is 2.10 bits per heavy atom. The number of amides is 3. The van der Waals surface area contributed by atoms with Gasteiger partial charge in [-0.05, 0) is 24.6 Å². The van der Waals surface area contributed by atoms with Crippen LogP contribution in [-0.4, -0.2) is 47.6 Å². The van der Waals surface area contributed by atoms with Gasteiger partial charge in [-0.3, -0.25) is 19.2 Å². The van der Waals surface area contributed by atoms with Crippen molar-refractivity contribution in [3.05, 3.63) is 71.8 Å². The van der Waals surface area contributed by atoms with Crippen LogP contribution in [0.5, 0.6) is 0 Å². The lowest BCUT2D eigenvalue weighted by atomic mass is 9.99. The molecule has 5 N–H and O–H groups in total. The van der Waals surface area contributed by atoms with Crippen LogP contribution < -0.4 is 16.4 Å². The van der Waals surface area contributed by atoms with Crippen molar-refractivity contribution in [3.8, 4) is 0 Å². The number of nitrogens with two attached hydrogens (primary N) is 1. The number of carbonyl (C=O) groups is 4. The Hall–Kier alpha value is -3.72. The van der Waals surface area contributed by atoms with E-state index in [1.165, 1.54) is 0 Å². The van der Waals surface area contributed by atoms with Crippen molar-refractivity contribution in [1.82, 2.24) is 10.6 Å². The summed E-state index contributed by atoms with van der Waals surface area (Å²) in [5.74, 6) is -3.16. The van der Waals surface area contributed by atoms with Crippen LogP contribution in [0.1, 0.15) is 35.3 Å². The quantitative estimate of drug-likeness (QED) is 0.405. The molecule has 3 atom stereocenters. The van der Waals surface area contributed by atoms with Crippen molar-refractivity contribution in [1.29, 1.82) is 0 Å². The number of nitrogens with one attached hydrogen (secondary N) is 2. The summed E-state index contributed by atoms with van der Waals surface area (Å²) in [6.07, 6.45) is -2.24. The van der Waals surface area contributed by atoms with Crippen LogP contribution in [0, 0.1) is 0 Å². The molecule has 2 aromatic carbocycles. The normalized spacial score (nSPS) is 13.4. The van der Waals surface area contributed by atoms with Gasteiger partial charge < -0.3 is 26.2 Å². The summed E-state index contributed by atoms with van der Waals surface area (Å²) < 4.78 is 4.77. The van der Waals surface area contributed by atoms with Crippen LogP contribution in [0.15, 0.2) is 60.7 Å². The first-order valence-corrected chi connectivity index (χ1v) is 9.67. The highest BCUT2D eigenvalue weighted by atomic mass is 16.5. The second-order valence-corrected chi connectivity index (χ2v) is 6.65. The van der Waals surface area contributed by atoms with Crippen molar-refractivity contribution < 1.29 is 29.0 Å². The number of ether oxygens (including phenoxy) is 1. The summed E-state index contributed by atoms with van der Waals surface area (Å²) in [7, 11) is 0. The lowest BCUT2D eigenvalue weighted by molar-refractivity contribution is -0.146. The molecule has 164 valence electrons. The molecule has 9 heteroatoms. The van der Waals surface area contributed by atoms with E-state index in [1.807, 2.05) is 0 Å². The van der Waals surface area contributed by atoms with Gasteiger partial charge in [-0.25, -0.2) is 0 Å². The van der Waals surface area contributed by atoms with Crippen LogP contribution in [0.25, 0.3) is 0 Å². The van der Waals surface area contributed by atoms with Crippen molar-refractivity contribution in [2.75, 3.05) is 6.61 Å². The number of benzene rings is 2. The van der Waals surface area contributed by atoms with E-state index in [9.17, 15) is 24.3 Å². The minimum absolute atomic E-state index is 0.0997. The number of rotatable bonds is 10. The Balaban J connectivity index is 2.20. The van der Waals surface area contributed by atoms with E-state index < -0.39 is 48.3 Å². The smallest absolute Gasteiger partial charge is 0.308 e. The Bertz CT molecular complexity index is 904. The van der Waals surface area contributed by atoms with Crippen molar-refractivity contribution in [2.45, 2.75) is 31.5 Å². The van der Waals surface area contributed by atoms with Crippen LogP contribution in [0.2, 0.25) is 0 Å². The van der Waals surface area contributed by atoms with Gasteiger partial charge in [-0.2, -0.15) is 0 Å². The molecule has 0 bridgehead atoms. The van der Waals surface area contributed by atoms with E-state index in [2.05, 4.69) is 10.6 Å². The summed E-state index contributed by atoms with van der Waals surface area (Å²) in [5, 5.41) is 15.6. The van der Waals surface area contributed by atoms with Gasteiger partial charge in [0.25, 0.3) is 11.8 Å². The fraction of sp³-hybridized carbons (Fsp3) is 0.273. The van der Waals surface area contributed by atoms with Gasteiger partial charge >= 0.3 is 5.97 Å².